The third-order valence-electron chi connectivity index (χ3n) is 6.38. The van der Waals surface area contributed by atoms with Crippen molar-refractivity contribution in [1.29, 1.82) is 0 Å². The normalized spacial score (nSPS) is 17.7. The summed E-state index contributed by atoms with van der Waals surface area (Å²) in [5.41, 5.74) is 3.94. The molecule has 33 heavy (non-hydrogen) atoms. The average molecular weight is 472 g/mol. The lowest BCUT2D eigenvalue weighted by Crippen LogP contribution is -2.36. The molecule has 8 heteroatoms. The summed E-state index contributed by atoms with van der Waals surface area (Å²) in [7, 11) is -3.42. The van der Waals surface area contributed by atoms with Crippen molar-refractivity contribution in [2.75, 3.05) is 49.6 Å². The first-order valence-electron chi connectivity index (χ1n) is 11.8. The van der Waals surface area contributed by atoms with E-state index in [9.17, 15) is 13.2 Å². The number of amides is 1. The number of rotatable bonds is 7. The molecule has 2 fully saturated rings. The molecule has 0 bridgehead atoms. The topological polar surface area (TPSA) is 79.0 Å². The van der Waals surface area contributed by atoms with E-state index < -0.39 is 10.0 Å². The van der Waals surface area contributed by atoms with Crippen LogP contribution in [-0.2, 0) is 26.0 Å². The molecule has 2 saturated heterocycles. The first kappa shape index (κ1) is 23.7. The lowest BCUT2D eigenvalue weighted by molar-refractivity contribution is -0.116. The zero-order chi connectivity index (χ0) is 23.3. The fourth-order valence-electron chi connectivity index (χ4n) is 4.36. The molecule has 1 N–H and O–H groups in total. The average Bonchev–Trinajstić information content (AvgIpc) is 2.85. The number of aryl methyl sites for hydroxylation is 2. The van der Waals surface area contributed by atoms with Crippen molar-refractivity contribution in [2.24, 2.45) is 0 Å². The summed E-state index contributed by atoms with van der Waals surface area (Å²) in [6.07, 6.45) is 3.82. The van der Waals surface area contributed by atoms with E-state index in [1.54, 1.807) is 16.4 Å². The Morgan fingerprint density at radius 2 is 1.67 bits per heavy atom. The summed E-state index contributed by atoms with van der Waals surface area (Å²) in [6, 6.07) is 13.0. The molecule has 0 unspecified atom stereocenters. The zero-order valence-corrected chi connectivity index (χ0v) is 20.1. The molecule has 2 aliphatic heterocycles. The van der Waals surface area contributed by atoms with Crippen molar-refractivity contribution in [3.63, 3.8) is 0 Å². The molecular formula is C25H33N3O4S. The smallest absolute Gasteiger partial charge is 0.243 e. The number of ether oxygens (including phenoxy) is 1. The van der Waals surface area contributed by atoms with Crippen LogP contribution in [0.3, 0.4) is 0 Å². The van der Waals surface area contributed by atoms with Crippen LogP contribution < -0.4 is 10.2 Å². The maximum absolute atomic E-state index is 12.8. The third-order valence-corrected chi connectivity index (χ3v) is 8.29. The zero-order valence-electron chi connectivity index (χ0n) is 19.3. The number of benzene rings is 2. The molecule has 0 saturated carbocycles. The summed E-state index contributed by atoms with van der Waals surface area (Å²) in [6.45, 7) is 6.42. The second-order valence-electron chi connectivity index (χ2n) is 8.76. The molecule has 0 aromatic heterocycles. The highest BCUT2D eigenvalue weighted by Crippen LogP contribution is 2.24. The van der Waals surface area contributed by atoms with Crippen LogP contribution in [0.1, 0.15) is 36.8 Å². The van der Waals surface area contributed by atoms with Crippen LogP contribution in [0.4, 0.5) is 11.4 Å². The minimum Gasteiger partial charge on any atom is -0.378 e. The van der Waals surface area contributed by atoms with Crippen molar-refractivity contribution in [3.8, 4) is 0 Å². The number of hydrogen-bond acceptors (Lipinski definition) is 5. The number of anilines is 2. The number of piperidine rings is 1. The lowest BCUT2D eigenvalue weighted by Gasteiger charge is -2.29. The van der Waals surface area contributed by atoms with Gasteiger partial charge in [0.25, 0.3) is 0 Å². The largest absolute Gasteiger partial charge is 0.378 e. The molecular weight excluding hydrogens is 438 g/mol. The van der Waals surface area contributed by atoms with Crippen LogP contribution >= 0.6 is 0 Å². The Morgan fingerprint density at radius 1 is 0.970 bits per heavy atom. The Morgan fingerprint density at radius 3 is 2.33 bits per heavy atom. The van der Waals surface area contributed by atoms with E-state index in [0.29, 0.717) is 30.8 Å². The van der Waals surface area contributed by atoms with Gasteiger partial charge >= 0.3 is 0 Å². The highest BCUT2D eigenvalue weighted by atomic mass is 32.2. The lowest BCUT2D eigenvalue weighted by atomic mass is 10.1. The predicted octanol–water partition coefficient (Wildman–Crippen LogP) is 3.58. The number of hydrogen-bond donors (Lipinski definition) is 1. The summed E-state index contributed by atoms with van der Waals surface area (Å²) < 4.78 is 32.5. The van der Waals surface area contributed by atoms with Gasteiger partial charge in [-0.05, 0) is 67.6 Å². The molecule has 4 rings (SSSR count). The fourth-order valence-corrected chi connectivity index (χ4v) is 5.88. The van der Waals surface area contributed by atoms with E-state index in [-0.39, 0.29) is 5.91 Å². The van der Waals surface area contributed by atoms with Gasteiger partial charge in [0.2, 0.25) is 15.9 Å². The van der Waals surface area contributed by atoms with E-state index in [0.717, 1.165) is 68.1 Å². The van der Waals surface area contributed by atoms with Crippen LogP contribution in [0.5, 0.6) is 0 Å². The first-order valence-corrected chi connectivity index (χ1v) is 13.2. The number of carbonyl (C=O) groups excluding carboxylic acids is 1. The van der Waals surface area contributed by atoms with Crippen LogP contribution in [0.2, 0.25) is 0 Å². The molecule has 0 radical (unpaired) electrons. The molecule has 1 amide bonds. The maximum atomic E-state index is 12.8. The predicted molar refractivity (Wildman–Crippen MR) is 130 cm³/mol. The molecule has 2 aliphatic rings. The Balaban J connectivity index is 1.30. The van der Waals surface area contributed by atoms with Crippen LogP contribution in [0, 0.1) is 6.92 Å². The van der Waals surface area contributed by atoms with Gasteiger partial charge in [-0.15, -0.1) is 0 Å². The van der Waals surface area contributed by atoms with Crippen LogP contribution in [0.25, 0.3) is 0 Å². The molecule has 2 aromatic carbocycles. The molecule has 2 heterocycles. The van der Waals surface area contributed by atoms with Crippen molar-refractivity contribution in [2.45, 2.75) is 43.9 Å². The highest BCUT2D eigenvalue weighted by molar-refractivity contribution is 7.89. The van der Waals surface area contributed by atoms with E-state index in [2.05, 4.69) is 16.3 Å². The Hall–Kier alpha value is -2.42. The van der Waals surface area contributed by atoms with Gasteiger partial charge in [-0.2, -0.15) is 4.31 Å². The van der Waals surface area contributed by atoms with Gasteiger partial charge in [0.05, 0.1) is 18.1 Å². The van der Waals surface area contributed by atoms with Gasteiger partial charge in [-0.1, -0.05) is 18.6 Å². The Bertz CT molecular complexity index is 1060. The minimum absolute atomic E-state index is 0.0535. The van der Waals surface area contributed by atoms with Crippen LogP contribution in [0.15, 0.2) is 47.4 Å². The van der Waals surface area contributed by atoms with E-state index in [4.69, 9.17) is 4.74 Å². The summed E-state index contributed by atoms with van der Waals surface area (Å²) in [4.78, 5) is 15.1. The SMILES string of the molecule is Cc1cc(N2CCOCC2)ccc1NC(=O)CCc1ccc(S(=O)(=O)N2CCCCC2)cc1. The van der Waals surface area contributed by atoms with Gasteiger partial charge < -0.3 is 15.0 Å². The van der Waals surface area contributed by atoms with E-state index in [1.165, 1.54) is 0 Å². The second-order valence-corrected chi connectivity index (χ2v) is 10.7. The molecule has 0 spiro atoms. The van der Waals surface area contributed by atoms with Crippen molar-refractivity contribution in [1.82, 2.24) is 4.31 Å². The highest BCUT2D eigenvalue weighted by Gasteiger charge is 2.25. The number of nitrogens with one attached hydrogen (secondary N) is 1. The number of sulfonamides is 1. The first-order chi connectivity index (χ1) is 15.9. The van der Waals surface area contributed by atoms with Gasteiger partial charge in [0.15, 0.2) is 0 Å². The van der Waals surface area contributed by atoms with E-state index >= 15 is 0 Å². The number of morpholine rings is 1. The summed E-state index contributed by atoms with van der Waals surface area (Å²) >= 11 is 0. The summed E-state index contributed by atoms with van der Waals surface area (Å²) in [5.74, 6) is -0.0535. The third kappa shape index (κ3) is 5.93. The second kappa shape index (κ2) is 10.7. The Labute approximate surface area is 196 Å². The van der Waals surface area contributed by atoms with E-state index in [1.807, 2.05) is 31.2 Å². The van der Waals surface area contributed by atoms with Crippen molar-refractivity contribution in [3.05, 3.63) is 53.6 Å². The number of carbonyl (C=O) groups is 1. The molecule has 0 atom stereocenters. The molecule has 2 aromatic rings. The Kier molecular flexibility index (Phi) is 7.67. The maximum Gasteiger partial charge on any atom is 0.243 e. The summed E-state index contributed by atoms with van der Waals surface area (Å²) in [5, 5.41) is 3.00. The quantitative estimate of drug-likeness (QED) is 0.668. The van der Waals surface area contributed by atoms with Crippen molar-refractivity contribution < 1.29 is 17.9 Å². The standard InChI is InChI=1S/C25H33N3O4S/c1-20-19-22(27-15-17-32-18-16-27)8-11-24(20)26-25(29)12-7-21-5-9-23(10-6-21)33(30,31)28-13-3-2-4-14-28/h5-6,8-11,19H,2-4,7,12-18H2,1H3,(H,26,29). The molecule has 7 nitrogen and oxygen atoms in total. The van der Waals surface area contributed by atoms with Crippen LogP contribution in [-0.4, -0.2) is 58.0 Å². The van der Waals surface area contributed by atoms with Gasteiger partial charge in [-0.25, -0.2) is 8.42 Å². The number of nitrogens with zero attached hydrogens (tertiary/aromatic N) is 2. The van der Waals surface area contributed by atoms with Gasteiger partial charge in [0, 0.05) is 44.0 Å². The molecule has 0 aliphatic carbocycles. The minimum atomic E-state index is -3.42. The van der Waals surface area contributed by atoms with Crippen molar-refractivity contribution >= 4 is 27.3 Å². The fraction of sp³-hybridized carbons (Fsp3) is 0.480. The van der Waals surface area contributed by atoms with Gasteiger partial charge in [-0.3, -0.25) is 4.79 Å². The monoisotopic (exact) mass is 471 g/mol. The van der Waals surface area contributed by atoms with Gasteiger partial charge in [0.1, 0.15) is 0 Å². The molecule has 178 valence electrons.